The maximum Gasteiger partial charge on any atom is 0.325 e. The van der Waals surface area contributed by atoms with Gasteiger partial charge in [-0.3, -0.25) is 14.5 Å². The molecule has 4 amide bonds. The highest BCUT2D eigenvalue weighted by atomic mass is 16.5. The summed E-state index contributed by atoms with van der Waals surface area (Å²) < 4.78 is 5.52. The molecule has 1 fully saturated rings. The van der Waals surface area contributed by atoms with E-state index in [1.807, 2.05) is 45.0 Å². The fraction of sp³-hybridized carbons (Fsp3) is 0.471. The fourth-order valence-electron chi connectivity index (χ4n) is 2.41. The predicted molar refractivity (Wildman–Crippen MR) is 88.6 cm³/mol. The third-order valence-corrected chi connectivity index (χ3v) is 3.71. The lowest BCUT2D eigenvalue weighted by molar-refractivity contribution is -0.132. The summed E-state index contributed by atoms with van der Waals surface area (Å²) in [5.41, 5.74) is 1.09. The summed E-state index contributed by atoms with van der Waals surface area (Å²) in [4.78, 5) is 36.7. The number of urea groups is 1. The van der Waals surface area contributed by atoms with E-state index in [1.165, 1.54) is 0 Å². The van der Waals surface area contributed by atoms with Gasteiger partial charge in [-0.2, -0.15) is 0 Å². The Balaban J connectivity index is 1.73. The molecule has 0 radical (unpaired) electrons. The standard InChI is InChI=1S/C17H23N3O4/c1-11(2)15-16(22)20(17(23)19-15)10-14(21)18-7-8-24-13-6-4-5-12(3)9-13/h4-6,9,11,15H,7-8,10H2,1-3H3,(H,18,21)(H,19,23)/t15-/m0/s1. The number of nitrogens with one attached hydrogen (secondary N) is 2. The average molecular weight is 333 g/mol. The van der Waals surface area contributed by atoms with Crippen molar-refractivity contribution in [3.05, 3.63) is 29.8 Å². The molecule has 0 bridgehead atoms. The van der Waals surface area contributed by atoms with Crippen molar-refractivity contribution in [2.24, 2.45) is 5.92 Å². The lowest BCUT2D eigenvalue weighted by Crippen LogP contribution is -2.42. The van der Waals surface area contributed by atoms with Crippen LogP contribution < -0.4 is 15.4 Å². The van der Waals surface area contributed by atoms with Crippen LogP contribution in [0.1, 0.15) is 19.4 Å². The molecule has 1 aromatic carbocycles. The van der Waals surface area contributed by atoms with Crippen molar-refractivity contribution in [2.45, 2.75) is 26.8 Å². The number of amides is 4. The van der Waals surface area contributed by atoms with Gasteiger partial charge in [-0.15, -0.1) is 0 Å². The minimum atomic E-state index is -0.560. The Hall–Kier alpha value is -2.57. The summed E-state index contributed by atoms with van der Waals surface area (Å²) in [6, 6.07) is 6.53. The van der Waals surface area contributed by atoms with E-state index in [4.69, 9.17) is 4.74 Å². The van der Waals surface area contributed by atoms with Gasteiger partial charge >= 0.3 is 6.03 Å². The zero-order valence-electron chi connectivity index (χ0n) is 14.2. The van der Waals surface area contributed by atoms with Crippen LogP contribution in [0.25, 0.3) is 0 Å². The smallest absolute Gasteiger partial charge is 0.325 e. The van der Waals surface area contributed by atoms with Gasteiger partial charge in [0.15, 0.2) is 0 Å². The van der Waals surface area contributed by atoms with E-state index in [9.17, 15) is 14.4 Å². The van der Waals surface area contributed by atoms with E-state index >= 15 is 0 Å². The molecule has 7 heteroatoms. The first-order valence-corrected chi connectivity index (χ1v) is 7.96. The molecule has 0 aromatic heterocycles. The van der Waals surface area contributed by atoms with E-state index in [0.29, 0.717) is 13.2 Å². The Morgan fingerprint density at radius 2 is 2.12 bits per heavy atom. The number of carbonyl (C=O) groups excluding carboxylic acids is 3. The highest BCUT2D eigenvalue weighted by Crippen LogP contribution is 2.13. The Bertz CT molecular complexity index is 630. The summed E-state index contributed by atoms with van der Waals surface area (Å²) >= 11 is 0. The van der Waals surface area contributed by atoms with Crippen LogP contribution in [-0.4, -0.2) is 48.5 Å². The molecule has 0 spiro atoms. The van der Waals surface area contributed by atoms with E-state index < -0.39 is 18.0 Å². The van der Waals surface area contributed by atoms with Gasteiger partial charge in [-0.05, 0) is 30.5 Å². The number of nitrogens with zero attached hydrogens (tertiary/aromatic N) is 1. The van der Waals surface area contributed by atoms with Gasteiger partial charge in [0.05, 0.1) is 6.54 Å². The largest absolute Gasteiger partial charge is 0.492 e. The molecule has 0 saturated carbocycles. The van der Waals surface area contributed by atoms with Crippen molar-refractivity contribution in [1.29, 1.82) is 0 Å². The van der Waals surface area contributed by atoms with Crippen LogP contribution in [-0.2, 0) is 9.59 Å². The summed E-state index contributed by atoms with van der Waals surface area (Å²) in [6.45, 7) is 5.98. The van der Waals surface area contributed by atoms with Crippen molar-refractivity contribution < 1.29 is 19.1 Å². The summed E-state index contributed by atoms with van der Waals surface area (Å²) in [7, 11) is 0. The molecule has 2 rings (SSSR count). The first-order chi connectivity index (χ1) is 11.4. The molecular weight excluding hydrogens is 310 g/mol. The van der Waals surface area contributed by atoms with Crippen molar-refractivity contribution in [3.8, 4) is 5.75 Å². The summed E-state index contributed by atoms with van der Waals surface area (Å²) in [6.07, 6.45) is 0. The van der Waals surface area contributed by atoms with Gasteiger partial charge in [-0.25, -0.2) is 4.79 Å². The van der Waals surface area contributed by atoms with E-state index in [0.717, 1.165) is 16.2 Å². The highest BCUT2D eigenvalue weighted by molar-refractivity contribution is 6.06. The van der Waals surface area contributed by atoms with Crippen molar-refractivity contribution in [1.82, 2.24) is 15.5 Å². The minimum absolute atomic E-state index is 0.0164. The number of imide groups is 1. The molecule has 24 heavy (non-hydrogen) atoms. The second-order valence-corrected chi connectivity index (χ2v) is 6.11. The third-order valence-electron chi connectivity index (χ3n) is 3.71. The second kappa shape index (κ2) is 7.81. The molecule has 1 aliphatic heterocycles. The fourth-order valence-corrected chi connectivity index (χ4v) is 2.41. The Kier molecular flexibility index (Phi) is 5.78. The van der Waals surface area contributed by atoms with Crippen LogP contribution in [0.5, 0.6) is 5.75 Å². The molecule has 1 aromatic rings. The molecule has 0 unspecified atom stereocenters. The first kappa shape index (κ1) is 17.8. The maximum atomic E-state index is 12.1. The normalized spacial score (nSPS) is 17.2. The lowest BCUT2D eigenvalue weighted by Gasteiger charge is -2.14. The molecule has 1 aliphatic rings. The SMILES string of the molecule is Cc1cccc(OCCNC(=O)CN2C(=O)N[C@@H](C(C)C)C2=O)c1. The summed E-state index contributed by atoms with van der Waals surface area (Å²) in [5, 5.41) is 5.23. The van der Waals surface area contributed by atoms with Crippen LogP contribution in [0.4, 0.5) is 4.79 Å². The number of hydrogen-bond donors (Lipinski definition) is 2. The van der Waals surface area contributed by atoms with Gasteiger partial charge in [0, 0.05) is 0 Å². The molecule has 7 nitrogen and oxygen atoms in total. The summed E-state index contributed by atoms with van der Waals surface area (Å²) in [5.74, 6) is -0.0349. The van der Waals surface area contributed by atoms with E-state index in [2.05, 4.69) is 10.6 Å². The van der Waals surface area contributed by atoms with Gasteiger partial charge in [-0.1, -0.05) is 26.0 Å². The topological polar surface area (TPSA) is 87.7 Å². The third kappa shape index (κ3) is 4.47. The number of rotatable bonds is 7. The predicted octanol–water partition coefficient (Wildman–Crippen LogP) is 1.07. The molecule has 2 N–H and O–H groups in total. The van der Waals surface area contributed by atoms with Crippen LogP contribution in [0.3, 0.4) is 0 Å². The number of aryl methyl sites for hydroxylation is 1. The second-order valence-electron chi connectivity index (χ2n) is 6.11. The molecular formula is C17H23N3O4. The van der Waals surface area contributed by atoms with Crippen molar-refractivity contribution in [2.75, 3.05) is 19.7 Å². The monoisotopic (exact) mass is 333 g/mol. The Morgan fingerprint density at radius 3 is 2.75 bits per heavy atom. The number of hydrogen-bond acceptors (Lipinski definition) is 4. The highest BCUT2D eigenvalue weighted by Gasteiger charge is 2.40. The first-order valence-electron chi connectivity index (χ1n) is 7.96. The van der Waals surface area contributed by atoms with Crippen LogP contribution in [0, 0.1) is 12.8 Å². The van der Waals surface area contributed by atoms with Crippen LogP contribution in [0.2, 0.25) is 0 Å². The van der Waals surface area contributed by atoms with Crippen molar-refractivity contribution in [3.63, 3.8) is 0 Å². The molecule has 1 saturated heterocycles. The van der Waals surface area contributed by atoms with Crippen LogP contribution >= 0.6 is 0 Å². The number of benzene rings is 1. The number of carbonyl (C=O) groups is 3. The van der Waals surface area contributed by atoms with E-state index in [-0.39, 0.29) is 18.4 Å². The zero-order chi connectivity index (χ0) is 17.7. The van der Waals surface area contributed by atoms with Gasteiger partial charge < -0.3 is 15.4 Å². The zero-order valence-corrected chi connectivity index (χ0v) is 14.2. The van der Waals surface area contributed by atoms with Crippen molar-refractivity contribution >= 4 is 17.8 Å². The lowest BCUT2D eigenvalue weighted by atomic mass is 10.1. The molecule has 130 valence electrons. The van der Waals surface area contributed by atoms with Crippen LogP contribution in [0.15, 0.2) is 24.3 Å². The average Bonchev–Trinajstić information content (AvgIpc) is 2.80. The Morgan fingerprint density at radius 1 is 1.38 bits per heavy atom. The quantitative estimate of drug-likeness (QED) is 0.577. The molecule has 0 aliphatic carbocycles. The van der Waals surface area contributed by atoms with Gasteiger partial charge in [0.25, 0.3) is 5.91 Å². The maximum absolute atomic E-state index is 12.1. The molecule has 1 heterocycles. The van der Waals surface area contributed by atoms with E-state index in [1.54, 1.807) is 0 Å². The van der Waals surface area contributed by atoms with Gasteiger partial charge in [0.2, 0.25) is 5.91 Å². The molecule has 1 atom stereocenters. The minimum Gasteiger partial charge on any atom is -0.492 e. The Labute approximate surface area is 141 Å². The number of ether oxygens (including phenoxy) is 1. The van der Waals surface area contributed by atoms with Gasteiger partial charge in [0.1, 0.15) is 24.9 Å².